The molecule has 8 nitrogen and oxygen atoms in total. The Labute approximate surface area is 191 Å². The van der Waals surface area contributed by atoms with Crippen molar-refractivity contribution in [1.29, 1.82) is 0 Å². The van der Waals surface area contributed by atoms with Crippen LogP contribution in [0.4, 0.5) is 4.79 Å². The van der Waals surface area contributed by atoms with Gasteiger partial charge in [-0.2, -0.15) is 0 Å². The van der Waals surface area contributed by atoms with Crippen LogP contribution in [-0.2, 0) is 9.84 Å². The number of sulfone groups is 1. The van der Waals surface area contributed by atoms with Crippen molar-refractivity contribution >= 4 is 27.5 Å². The molecule has 0 spiro atoms. The van der Waals surface area contributed by atoms with E-state index in [1.165, 1.54) is 6.26 Å². The molecule has 1 aliphatic rings. The summed E-state index contributed by atoms with van der Waals surface area (Å²) in [5, 5.41) is 2.44. The van der Waals surface area contributed by atoms with Crippen LogP contribution in [0.2, 0.25) is 5.02 Å². The largest absolute Gasteiger partial charge is 0.424 e. The highest BCUT2D eigenvalue weighted by Gasteiger charge is 2.36. The number of halogens is 1. The fraction of sp³-hybridized carbons (Fsp3) is 0.227. The molecule has 2 unspecified atom stereocenters. The minimum Gasteiger partial charge on any atom is -0.424 e. The maximum Gasteiger partial charge on any atom is 0.321 e. The first-order valence-electron chi connectivity index (χ1n) is 9.85. The number of aromatic nitrogens is 2. The average molecular weight is 473 g/mol. The molecule has 1 saturated heterocycles. The lowest BCUT2D eigenvalue weighted by Crippen LogP contribution is -2.36. The van der Waals surface area contributed by atoms with Crippen LogP contribution in [0.5, 0.6) is 11.8 Å². The molecule has 0 bridgehead atoms. The van der Waals surface area contributed by atoms with Gasteiger partial charge in [0.25, 0.3) is 0 Å². The number of benzene rings is 2. The van der Waals surface area contributed by atoms with E-state index >= 15 is 0 Å². The number of urea groups is 1. The highest BCUT2D eigenvalue weighted by molar-refractivity contribution is 7.91. The summed E-state index contributed by atoms with van der Waals surface area (Å²) in [5.74, 6) is 0.519. The third kappa shape index (κ3) is 5.00. The Kier molecular flexibility index (Phi) is 6.29. The number of amides is 2. The summed E-state index contributed by atoms with van der Waals surface area (Å²) in [4.78, 5) is 22.3. The molecule has 32 heavy (non-hydrogen) atoms. The van der Waals surface area contributed by atoms with Gasteiger partial charge in [0.15, 0.2) is 9.84 Å². The number of rotatable bonds is 7. The van der Waals surface area contributed by atoms with E-state index in [0.29, 0.717) is 22.9 Å². The van der Waals surface area contributed by atoms with Gasteiger partial charge in [-0.3, -0.25) is 0 Å². The zero-order valence-corrected chi connectivity index (χ0v) is 18.8. The van der Waals surface area contributed by atoms with Crippen LogP contribution in [-0.4, -0.2) is 48.7 Å². The molecular weight excluding hydrogens is 452 g/mol. The molecule has 10 heteroatoms. The SMILES string of the molecule is CS(=O)(=O)C(CN1C(=O)NCC1c1cccc(Oc2ncccn2)c1)c1ccc(Cl)cc1. The molecule has 1 aliphatic heterocycles. The third-order valence-electron chi connectivity index (χ3n) is 5.20. The summed E-state index contributed by atoms with van der Waals surface area (Å²) in [5.41, 5.74) is 1.38. The van der Waals surface area contributed by atoms with E-state index in [-0.39, 0.29) is 24.6 Å². The van der Waals surface area contributed by atoms with E-state index in [0.717, 1.165) is 5.56 Å². The van der Waals surface area contributed by atoms with Gasteiger partial charge in [0.05, 0.1) is 6.04 Å². The Hall–Kier alpha value is -3.17. The van der Waals surface area contributed by atoms with Crippen molar-refractivity contribution < 1.29 is 17.9 Å². The number of nitrogens with one attached hydrogen (secondary N) is 1. The van der Waals surface area contributed by atoms with Crippen molar-refractivity contribution in [3.8, 4) is 11.8 Å². The minimum atomic E-state index is -3.50. The number of nitrogens with zero attached hydrogens (tertiary/aromatic N) is 3. The molecule has 166 valence electrons. The van der Waals surface area contributed by atoms with Gasteiger partial charge in [0.2, 0.25) is 0 Å². The highest BCUT2D eigenvalue weighted by Crippen LogP contribution is 2.32. The number of ether oxygens (including phenoxy) is 1. The zero-order valence-electron chi connectivity index (χ0n) is 17.2. The van der Waals surface area contributed by atoms with Crippen molar-refractivity contribution in [3.63, 3.8) is 0 Å². The number of carbonyl (C=O) groups excluding carboxylic acids is 1. The number of carbonyl (C=O) groups is 1. The molecule has 0 aliphatic carbocycles. The first-order valence-corrected chi connectivity index (χ1v) is 12.2. The van der Waals surface area contributed by atoms with Gasteiger partial charge < -0.3 is 15.0 Å². The third-order valence-corrected chi connectivity index (χ3v) is 6.91. The Morgan fingerprint density at radius 2 is 1.88 bits per heavy atom. The maximum atomic E-state index is 12.6. The second kappa shape index (κ2) is 9.13. The average Bonchev–Trinajstić information content (AvgIpc) is 3.13. The Bertz CT molecular complexity index is 1210. The fourth-order valence-electron chi connectivity index (χ4n) is 3.62. The maximum absolute atomic E-state index is 12.6. The molecule has 2 amide bonds. The smallest absolute Gasteiger partial charge is 0.321 e. The molecule has 0 saturated carbocycles. The van der Waals surface area contributed by atoms with E-state index in [9.17, 15) is 13.2 Å². The van der Waals surface area contributed by atoms with Crippen molar-refractivity contribution in [3.05, 3.63) is 83.1 Å². The number of hydrogen-bond donors (Lipinski definition) is 1. The van der Waals surface area contributed by atoms with Crippen LogP contribution < -0.4 is 10.1 Å². The second-order valence-electron chi connectivity index (χ2n) is 7.43. The first kappa shape index (κ1) is 22.0. The van der Waals surface area contributed by atoms with Gasteiger partial charge in [0, 0.05) is 36.8 Å². The normalized spacial score (nSPS) is 17.1. The van der Waals surface area contributed by atoms with Crippen molar-refractivity contribution in [1.82, 2.24) is 20.2 Å². The van der Waals surface area contributed by atoms with Gasteiger partial charge in [-0.15, -0.1) is 0 Å². The summed E-state index contributed by atoms with van der Waals surface area (Å²) in [6.45, 7) is 0.352. The van der Waals surface area contributed by atoms with Crippen LogP contribution in [0, 0.1) is 0 Å². The standard InChI is InChI=1S/C22H21ClN4O4S/c1-32(29,30)20(15-6-8-17(23)9-7-15)14-27-19(13-26-22(27)28)16-4-2-5-18(12-16)31-21-24-10-3-11-25-21/h2-12,19-20H,13-14H2,1H3,(H,26,28). The summed E-state index contributed by atoms with van der Waals surface area (Å²) >= 11 is 5.96. The van der Waals surface area contributed by atoms with E-state index in [1.807, 2.05) is 12.1 Å². The molecule has 1 aromatic heterocycles. The molecule has 2 atom stereocenters. The molecule has 2 heterocycles. The highest BCUT2D eigenvalue weighted by atomic mass is 35.5. The Morgan fingerprint density at radius 3 is 2.56 bits per heavy atom. The van der Waals surface area contributed by atoms with Crippen molar-refractivity contribution in [2.75, 3.05) is 19.3 Å². The summed E-state index contributed by atoms with van der Waals surface area (Å²) in [6.07, 6.45) is 4.33. The molecule has 4 rings (SSSR count). The topological polar surface area (TPSA) is 101 Å². The zero-order chi connectivity index (χ0) is 22.7. The molecule has 3 aromatic rings. The molecule has 1 N–H and O–H groups in total. The molecule has 0 radical (unpaired) electrons. The summed E-state index contributed by atoms with van der Waals surface area (Å²) in [7, 11) is -3.50. The van der Waals surface area contributed by atoms with Gasteiger partial charge in [-0.1, -0.05) is 35.9 Å². The second-order valence-corrected chi connectivity index (χ2v) is 10.1. The predicted octanol–water partition coefficient (Wildman–Crippen LogP) is 3.77. The van der Waals surface area contributed by atoms with Gasteiger partial charge in [-0.25, -0.2) is 23.2 Å². The molecule has 2 aromatic carbocycles. The Morgan fingerprint density at radius 1 is 1.16 bits per heavy atom. The van der Waals surface area contributed by atoms with Crippen LogP contribution in [0.3, 0.4) is 0 Å². The van der Waals surface area contributed by atoms with Crippen molar-refractivity contribution in [2.45, 2.75) is 11.3 Å². The quantitative estimate of drug-likeness (QED) is 0.561. The van der Waals surface area contributed by atoms with Gasteiger partial charge >= 0.3 is 12.0 Å². The van der Waals surface area contributed by atoms with Gasteiger partial charge in [0.1, 0.15) is 11.0 Å². The monoisotopic (exact) mass is 472 g/mol. The van der Waals surface area contributed by atoms with Crippen LogP contribution in [0.1, 0.15) is 22.4 Å². The van der Waals surface area contributed by atoms with E-state index in [1.54, 1.807) is 59.8 Å². The fourth-order valence-corrected chi connectivity index (χ4v) is 4.83. The predicted molar refractivity (Wildman–Crippen MR) is 120 cm³/mol. The van der Waals surface area contributed by atoms with Crippen LogP contribution >= 0.6 is 11.6 Å². The Balaban J connectivity index is 1.60. The lowest BCUT2D eigenvalue weighted by atomic mass is 10.1. The minimum absolute atomic E-state index is 0.00382. The van der Waals surface area contributed by atoms with Gasteiger partial charge in [-0.05, 0) is 41.5 Å². The lowest BCUT2D eigenvalue weighted by Gasteiger charge is -2.28. The van der Waals surface area contributed by atoms with E-state index in [2.05, 4.69) is 15.3 Å². The summed E-state index contributed by atoms with van der Waals surface area (Å²) in [6, 6.07) is 15.1. The van der Waals surface area contributed by atoms with E-state index < -0.39 is 15.1 Å². The van der Waals surface area contributed by atoms with Crippen LogP contribution in [0.15, 0.2) is 67.0 Å². The molecular formula is C22H21ClN4O4S. The number of hydrogen-bond acceptors (Lipinski definition) is 6. The van der Waals surface area contributed by atoms with Crippen molar-refractivity contribution in [2.24, 2.45) is 0 Å². The summed E-state index contributed by atoms with van der Waals surface area (Å²) < 4.78 is 30.9. The van der Waals surface area contributed by atoms with E-state index in [4.69, 9.17) is 16.3 Å². The van der Waals surface area contributed by atoms with Crippen LogP contribution in [0.25, 0.3) is 0 Å². The first-order chi connectivity index (χ1) is 15.3. The molecule has 1 fully saturated rings. The lowest BCUT2D eigenvalue weighted by molar-refractivity contribution is 0.204.